The van der Waals surface area contributed by atoms with Gasteiger partial charge in [-0.25, -0.2) is 5.84 Å². The van der Waals surface area contributed by atoms with Crippen molar-refractivity contribution in [2.75, 3.05) is 0 Å². The monoisotopic (exact) mass is 358 g/mol. The first-order chi connectivity index (χ1) is 8.11. The largest absolute Gasteiger partial charge is 0.451 e. The molecule has 1 heterocycles. The summed E-state index contributed by atoms with van der Waals surface area (Å²) in [5.74, 6) is 5.35. The fourth-order valence-corrected chi connectivity index (χ4v) is 2.61. The summed E-state index contributed by atoms with van der Waals surface area (Å²) < 4.78 is 7.24. The van der Waals surface area contributed by atoms with Gasteiger partial charge in [0.1, 0.15) is 5.76 Å². The molecule has 2 aromatic rings. The highest BCUT2D eigenvalue weighted by Crippen LogP contribution is 2.31. The molecule has 0 aliphatic carbocycles. The van der Waals surface area contributed by atoms with Gasteiger partial charge in [-0.1, -0.05) is 15.9 Å². The molecule has 1 aromatic carbocycles. The van der Waals surface area contributed by atoms with E-state index < -0.39 is 5.91 Å². The van der Waals surface area contributed by atoms with Gasteiger partial charge < -0.3 is 4.42 Å². The topological polar surface area (TPSA) is 68.3 Å². The maximum Gasteiger partial charge on any atom is 0.300 e. The van der Waals surface area contributed by atoms with Crippen molar-refractivity contribution in [3.05, 3.63) is 45.0 Å². The van der Waals surface area contributed by atoms with E-state index in [-0.39, 0.29) is 5.76 Å². The van der Waals surface area contributed by atoms with E-state index in [4.69, 9.17) is 10.3 Å². The number of carbonyl (C=O) groups excluding carboxylic acids is 1. The highest BCUT2D eigenvalue weighted by molar-refractivity contribution is 9.11. The quantitative estimate of drug-likeness (QED) is 0.492. The number of hydrazine groups is 1. The summed E-state index contributed by atoms with van der Waals surface area (Å²) in [6, 6.07) is 8.98. The lowest BCUT2D eigenvalue weighted by molar-refractivity contribution is 0.0927. The smallest absolute Gasteiger partial charge is 0.300 e. The molecule has 4 nitrogen and oxygen atoms in total. The zero-order valence-electron chi connectivity index (χ0n) is 8.54. The van der Waals surface area contributed by atoms with Crippen molar-refractivity contribution in [2.45, 2.75) is 0 Å². The van der Waals surface area contributed by atoms with Crippen LogP contribution >= 0.6 is 31.9 Å². The van der Waals surface area contributed by atoms with Gasteiger partial charge in [0, 0.05) is 14.5 Å². The standard InChI is InChI=1S/C11H8Br2N2O2/c12-6-1-2-7(8(13)5-6)9-3-4-10(17-9)11(16)15-14/h1-5H,14H2,(H,15,16). The van der Waals surface area contributed by atoms with E-state index in [1.54, 1.807) is 12.1 Å². The van der Waals surface area contributed by atoms with Crippen LogP contribution in [0.25, 0.3) is 11.3 Å². The van der Waals surface area contributed by atoms with Crippen LogP contribution in [0.3, 0.4) is 0 Å². The second kappa shape index (κ2) is 5.03. The molecule has 1 amide bonds. The molecule has 0 saturated heterocycles. The zero-order chi connectivity index (χ0) is 12.4. The normalized spacial score (nSPS) is 10.3. The van der Waals surface area contributed by atoms with Crippen molar-refractivity contribution < 1.29 is 9.21 Å². The summed E-state index contributed by atoms with van der Waals surface area (Å²) in [6.45, 7) is 0. The molecule has 3 N–H and O–H groups in total. The van der Waals surface area contributed by atoms with Crippen molar-refractivity contribution in [3.8, 4) is 11.3 Å². The Bertz CT molecular complexity index is 566. The van der Waals surface area contributed by atoms with Gasteiger partial charge in [-0.2, -0.15) is 0 Å². The van der Waals surface area contributed by atoms with E-state index >= 15 is 0 Å². The minimum Gasteiger partial charge on any atom is -0.451 e. The van der Waals surface area contributed by atoms with Gasteiger partial charge in [0.2, 0.25) is 0 Å². The van der Waals surface area contributed by atoms with Gasteiger partial charge in [0.05, 0.1) is 0 Å². The number of hydrogen-bond donors (Lipinski definition) is 2. The molecule has 6 heteroatoms. The number of carbonyl (C=O) groups is 1. The number of nitrogens with two attached hydrogens (primary N) is 1. The summed E-state index contributed by atoms with van der Waals surface area (Å²) in [5, 5.41) is 0. The predicted molar refractivity (Wildman–Crippen MR) is 71.2 cm³/mol. The highest BCUT2D eigenvalue weighted by Gasteiger charge is 2.12. The van der Waals surface area contributed by atoms with Gasteiger partial charge in [0.15, 0.2) is 5.76 Å². The molecule has 0 atom stereocenters. The fourth-order valence-electron chi connectivity index (χ4n) is 1.37. The van der Waals surface area contributed by atoms with Gasteiger partial charge in [-0.05, 0) is 46.3 Å². The zero-order valence-corrected chi connectivity index (χ0v) is 11.7. The highest BCUT2D eigenvalue weighted by atomic mass is 79.9. The Morgan fingerprint density at radius 3 is 2.65 bits per heavy atom. The number of amides is 1. The second-order valence-corrected chi connectivity index (χ2v) is 5.03. The number of hydrogen-bond acceptors (Lipinski definition) is 3. The van der Waals surface area contributed by atoms with E-state index in [0.717, 1.165) is 14.5 Å². The summed E-state index contributed by atoms with van der Waals surface area (Å²) in [5.41, 5.74) is 2.88. The number of nitrogen functional groups attached to an aromatic ring is 1. The molecule has 0 saturated carbocycles. The van der Waals surface area contributed by atoms with E-state index in [0.29, 0.717) is 5.76 Å². The lowest BCUT2D eigenvalue weighted by Gasteiger charge is -2.01. The van der Waals surface area contributed by atoms with Crippen molar-refractivity contribution in [2.24, 2.45) is 5.84 Å². The third kappa shape index (κ3) is 2.59. The molecular weight excluding hydrogens is 352 g/mol. The summed E-state index contributed by atoms with van der Waals surface area (Å²) in [6.07, 6.45) is 0. The van der Waals surface area contributed by atoms with Crippen molar-refractivity contribution >= 4 is 37.8 Å². The van der Waals surface area contributed by atoms with Gasteiger partial charge in [-0.3, -0.25) is 10.2 Å². The first kappa shape index (κ1) is 12.3. The van der Waals surface area contributed by atoms with Crippen LogP contribution in [-0.4, -0.2) is 5.91 Å². The number of halogens is 2. The van der Waals surface area contributed by atoms with Crippen LogP contribution < -0.4 is 11.3 Å². The molecule has 1 aromatic heterocycles. The molecule has 17 heavy (non-hydrogen) atoms. The Hall–Kier alpha value is -1.11. The first-order valence-corrected chi connectivity index (χ1v) is 6.26. The first-order valence-electron chi connectivity index (χ1n) is 4.68. The molecule has 0 unspecified atom stereocenters. The van der Waals surface area contributed by atoms with Gasteiger partial charge in [-0.15, -0.1) is 0 Å². The number of nitrogens with one attached hydrogen (secondary N) is 1. The van der Waals surface area contributed by atoms with E-state index in [1.807, 2.05) is 23.6 Å². The number of benzene rings is 1. The molecule has 2 rings (SSSR count). The average molecular weight is 360 g/mol. The van der Waals surface area contributed by atoms with Crippen LogP contribution in [0.1, 0.15) is 10.6 Å². The number of furan rings is 1. The third-order valence-electron chi connectivity index (χ3n) is 2.16. The molecule has 0 radical (unpaired) electrons. The third-order valence-corrected chi connectivity index (χ3v) is 3.31. The molecule has 0 bridgehead atoms. The summed E-state index contributed by atoms with van der Waals surface area (Å²) in [4.78, 5) is 11.2. The van der Waals surface area contributed by atoms with Crippen LogP contribution in [0, 0.1) is 0 Å². The van der Waals surface area contributed by atoms with Crippen LogP contribution in [0.15, 0.2) is 43.7 Å². The van der Waals surface area contributed by atoms with Crippen LogP contribution in [0.5, 0.6) is 0 Å². The minimum atomic E-state index is -0.454. The van der Waals surface area contributed by atoms with E-state index in [2.05, 4.69) is 31.9 Å². The maximum absolute atomic E-state index is 11.2. The molecule has 0 spiro atoms. The number of rotatable bonds is 2. The van der Waals surface area contributed by atoms with Gasteiger partial charge >= 0.3 is 5.91 Å². The van der Waals surface area contributed by atoms with E-state index in [1.165, 1.54) is 0 Å². The van der Waals surface area contributed by atoms with Crippen molar-refractivity contribution in [1.82, 2.24) is 5.43 Å². The fraction of sp³-hybridized carbons (Fsp3) is 0. The molecule has 0 aliphatic rings. The molecule has 0 fully saturated rings. The Balaban J connectivity index is 2.40. The Morgan fingerprint density at radius 1 is 1.24 bits per heavy atom. The lowest BCUT2D eigenvalue weighted by Crippen LogP contribution is -2.29. The Labute approximate surface area is 114 Å². The molecular formula is C11H8Br2N2O2. The van der Waals surface area contributed by atoms with Crippen molar-refractivity contribution in [1.29, 1.82) is 0 Å². The van der Waals surface area contributed by atoms with Crippen LogP contribution in [0.4, 0.5) is 0 Å². The Kier molecular flexibility index (Phi) is 3.66. The Morgan fingerprint density at radius 2 is 2.00 bits per heavy atom. The van der Waals surface area contributed by atoms with Crippen LogP contribution in [-0.2, 0) is 0 Å². The molecule has 88 valence electrons. The van der Waals surface area contributed by atoms with Gasteiger partial charge in [0.25, 0.3) is 0 Å². The maximum atomic E-state index is 11.2. The second-order valence-electron chi connectivity index (χ2n) is 3.26. The van der Waals surface area contributed by atoms with Crippen molar-refractivity contribution in [3.63, 3.8) is 0 Å². The average Bonchev–Trinajstić information content (AvgIpc) is 2.77. The minimum absolute atomic E-state index is 0.178. The predicted octanol–water partition coefficient (Wildman–Crippen LogP) is 3.08. The molecule has 0 aliphatic heterocycles. The summed E-state index contributed by atoms with van der Waals surface area (Å²) in [7, 11) is 0. The van der Waals surface area contributed by atoms with Crippen LogP contribution in [0.2, 0.25) is 0 Å². The van der Waals surface area contributed by atoms with E-state index in [9.17, 15) is 4.79 Å². The lowest BCUT2D eigenvalue weighted by atomic mass is 10.2. The summed E-state index contributed by atoms with van der Waals surface area (Å²) >= 11 is 6.80. The SMILES string of the molecule is NNC(=O)c1ccc(-c2ccc(Br)cc2Br)o1.